The molecule has 0 aromatic heterocycles. The Balaban J connectivity index is 1.66. The summed E-state index contributed by atoms with van der Waals surface area (Å²) in [6.45, 7) is 2.53. The van der Waals surface area contributed by atoms with E-state index in [0.29, 0.717) is 29.5 Å². The van der Waals surface area contributed by atoms with Gasteiger partial charge in [-0.15, -0.1) is 0 Å². The number of hydrogen-bond donors (Lipinski definition) is 2. The first-order valence-corrected chi connectivity index (χ1v) is 10.8. The Labute approximate surface area is 164 Å². The maximum Gasteiger partial charge on any atom is 0.319 e. The molecule has 8 heteroatoms. The first-order chi connectivity index (χ1) is 12.9. The third-order valence-corrected chi connectivity index (χ3v) is 6.51. The average molecular weight is 408 g/mol. The minimum Gasteiger partial charge on any atom is -0.334 e. The topological polar surface area (TPSA) is 78.5 Å². The molecule has 0 saturated carbocycles. The van der Waals surface area contributed by atoms with Crippen LogP contribution in [0.2, 0.25) is 5.02 Å². The van der Waals surface area contributed by atoms with Crippen molar-refractivity contribution in [1.82, 2.24) is 5.32 Å². The zero-order valence-corrected chi connectivity index (χ0v) is 16.6. The van der Waals surface area contributed by atoms with Gasteiger partial charge in [0.1, 0.15) is 0 Å². The summed E-state index contributed by atoms with van der Waals surface area (Å²) >= 11 is 5.85. The summed E-state index contributed by atoms with van der Waals surface area (Å²) < 4.78 is 26.0. The smallest absolute Gasteiger partial charge is 0.319 e. The van der Waals surface area contributed by atoms with E-state index in [2.05, 4.69) is 10.6 Å². The zero-order valence-electron chi connectivity index (χ0n) is 15.0. The van der Waals surface area contributed by atoms with E-state index in [1.807, 2.05) is 18.2 Å². The number of sulfonamides is 1. The van der Waals surface area contributed by atoms with Gasteiger partial charge in [0.2, 0.25) is 10.0 Å². The van der Waals surface area contributed by atoms with E-state index in [0.717, 1.165) is 24.0 Å². The summed E-state index contributed by atoms with van der Waals surface area (Å²) in [6, 6.07) is 12.3. The third-order valence-electron chi connectivity index (χ3n) is 4.48. The highest BCUT2D eigenvalue weighted by Crippen LogP contribution is 2.31. The van der Waals surface area contributed by atoms with Crippen LogP contribution in [0.5, 0.6) is 0 Å². The number of hydrogen-bond acceptors (Lipinski definition) is 3. The fourth-order valence-corrected chi connectivity index (χ4v) is 4.37. The van der Waals surface area contributed by atoms with Crippen LogP contribution in [-0.4, -0.2) is 26.7 Å². The Bertz CT molecular complexity index is 930. The molecule has 0 saturated heterocycles. The van der Waals surface area contributed by atoms with Crippen molar-refractivity contribution in [1.29, 1.82) is 0 Å². The summed E-state index contributed by atoms with van der Waals surface area (Å²) in [4.78, 5) is 12.1. The second-order valence-corrected chi connectivity index (χ2v) is 8.97. The van der Waals surface area contributed by atoms with Crippen LogP contribution in [0.15, 0.2) is 42.5 Å². The van der Waals surface area contributed by atoms with Gasteiger partial charge in [-0.05, 0) is 61.2 Å². The highest BCUT2D eigenvalue weighted by Gasteiger charge is 2.26. The zero-order chi connectivity index (χ0) is 19.4. The van der Waals surface area contributed by atoms with Gasteiger partial charge in [0.05, 0.1) is 11.4 Å². The monoisotopic (exact) mass is 407 g/mol. The van der Waals surface area contributed by atoms with E-state index in [1.54, 1.807) is 31.2 Å². The van der Waals surface area contributed by atoms with Crippen molar-refractivity contribution in [2.24, 2.45) is 0 Å². The summed E-state index contributed by atoms with van der Waals surface area (Å²) in [6.07, 6.45) is 1.55. The van der Waals surface area contributed by atoms with Crippen LogP contribution in [0.4, 0.5) is 16.2 Å². The molecule has 144 valence electrons. The predicted octanol–water partition coefficient (Wildman–Crippen LogP) is 3.76. The number of nitrogens with one attached hydrogen (secondary N) is 2. The number of carbonyl (C=O) groups excluding carboxylic acids is 1. The summed E-state index contributed by atoms with van der Waals surface area (Å²) in [5.41, 5.74) is 3.21. The summed E-state index contributed by atoms with van der Waals surface area (Å²) in [5, 5.41) is 6.24. The van der Waals surface area contributed by atoms with Gasteiger partial charge in [-0.1, -0.05) is 23.7 Å². The predicted molar refractivity (Wildman–Crippen MR) is 109 cm³/mol. The van der Waals surface area contributed by atoms with Crippen molar-refractivity contribution in [3.05, 3.63) is 58.6 Å². The fourth-order valence-electron chi connectivity index (χ4n) is 3.05. The molecule has 0 aliphatic carbocycles. The minimum atomic E-state index is -3.29. The number of urea groups is 1. The standard InChI is InChI=1S/C19H22ClN3O3S/c1-2-27(25,26)23-11-3-4-15-12-17(9-10-18(15)23)22-19(24)21-13-14-5-7-16(20)8-6-14/h5-10,12H,2-4,11,13H2,1H3,(H2,21,22,24). The number of benzene rings is 2. The van der Waals surface area contributed by atoms with Crippen LogP contribution in [-0.2, 0) is 23.0 Å². The lowest BCUT2D eigenvalue weighted by molar-refractivity contribution is 0.251. The molecular weight excluding hydrogens is 386 g/mol. The van der Waals surface area contributed by atoms with Crippen LogP contribution in [0.1, 0.15) is 24.5 Å². The molecule has 0 atom stereocenters. The molecule has 2 N–H and O–H groups in total. The molecule has 0 radical (unpaired) electrons. The first kappa shape index (κ1) is 19.5. The van der Waals surface area contributed by atoms with Gasteiger partial charge < -0.3 is 10.6 Å². The van der Waals surface area contributed by atoms with Gasteiger partial charge in [0.15, 0.2) is 0 Å². The number of anilines is 2. The summed E-state index contributed by atoms with van der Waals surface area (Å²) in [5.74, 6) is 0.0690. The van der Waals surface area contributed by atoms with Crippen LogP contribution in [0.3, 0.4) is 0 Å². The van der Waals surface area contributed by atoms with Gasteiger partial charge in [-0.25, -0.2) is 13.2 Å². The Morgan fingerprint density at radius 3 is 2.63 bits per heavy atom. The molecule has 1 aliphatic rings. The Hall–Kier alpha value is -2.25. The van der Waals surface area contributed by atoms with Crippen molar-refractivity contribution in [2.75, 3.05) is 21.9 Å². The number of carbonyl (C=O) groups is 1. The molecule has 1 aliphatic heterocycles. The Morgan fingerprint density at radius 1 is 1.19 bits per heavy atom. The molecule has 2 aromatic rings. The van der Waals surface area contributed by atoms with Crippen molar-refractivity contribution < 1.29 is 13.2 Å². The second-order valence-electron chi connectivity index (χ2n) is 6.35. The van der Waals surface area contributed by atoms with Gasteiger partial charge in [0, 0.05) is 23.8 Å². The molecule has 0 bridgehead atoms. The molecule has 6 nitrogen and oxygen atoms in total. The molecule has 0 spiro atoms. The van der Waals surface area contributed by atoms with E-state index in [1.165, 1.54) is 4.31 Å². The first-order valence-electron chi connectivity index (χ1n) is 8.81. The molecule has 0 fully saturated rings. The molecule has 2 aromatic carbocycles. The number of aryl methyl sites for hydroxylation is 1. The maximum absolute atomic E-state index is 12.3. The van der Waals surface area contributed by atoms with Crippen molar-refractivity contribution >= 4 is 39.0 Å². The van der Waals surface area contributed by atoms with Gasteiger partial charge in [-0.3, -0.25) is 4.31 Å². The van der Waals surface area contributed by atoms with Crippen LogP contribution < -0.4 is 14.9 Å². The van der Waals surface area contributed by atoms with Gasteiger partial charge in [0.25, 0.3) is 0 Å². The second kappa shape index (κ2) is 8.19. The maximum atomic E-state index is 12.3. The average Bonchev–Trinajstić information content (AvgIpc) is 2.67. The molecule has 3 rings (SSSR count). The number of fused-ring (bicyclic) bond motifs is 1. The Kier molecular flexibility index (Phi) is 5.92. The van der Waals surface area contributed by atoms with Crippen molar-refractivity contribution in [2.45, 2.75) is 26.3 Å². The summed E-state index contributed by atoms with van der Waals surface area (Å²) in [7, 11) is -3.29. The molecular formula is C19H22ClN3O3S. The van der Waals surface area contributed by atoms with Crippen LogP contribution >= 0.6 is 11.6 Å². The Morgan fingerprint density at radius 2 is 1.93 bits per heavy atom. The van der Waals surface area contributed by atoms with E-state index in [-0.39, 0.29) is 11.8 Å². The van der Waals surface area contributed by atoms with Crippen molar-refractivity contribution in [3.63, 3.8) is 0 Å². The molecule has 2 amide bonds. The molecule has 0 unspecified atom stereocenters. The van der Waals surface area contributed by atoms with E-state index >= 15 is 0 Å². The number of amides is 2. The minimum absolute atomic E-state index is 0.0690. The molecule has 27 heavy (non-hydrogen) atoms. The van der Waals surface area contributed by atoms with Gasteiger partial charge in [-0.2, -0.15) is 0 Å². The lowest BCUT2D eigenvalue weighted by Crippen LogP contribution is -2.36. The number of rotatable bonds is 5. The van der Waals surface area contributed by atoms with E-state index < -0.39 is 10.0 Å². The van der Waals surface area contributed by atoms with Crippen LogP contribution in [0.25, 0.3) is 0 Å². The quantitative estimate of drug-likeness (QED) is 0.791. The lowest BCUT2D eigenvalue weighted by atomic mass is 10.0. The SMILES string of the molecule is CCS(=O)(=O)N1CCCc2cc(NC(=O)NCc3ccc(Cl)cc3)ccc21. The lowest BCUT2D eigenvalue weighted by Gasteiger charge is -2.30. The van der Waals surface area contributed by atoms with Crippen LogP contribution in [0, 0.1) is 0 Å². The van der Waals surface area contributed by atoms with Crippen molar-refractivity contribution in [3.8, 4) is 0 Å². The highest BCUT2D eigenvalue weighted by molar-refractivity contribution is 7.92. The van der Waals surface area contributed by atoms with E-state index in [9.17, 15) is 13.2 Å². The normalized spacial score (nSPS) is 13.8. The highest BCUT2D eigenvalue weighted by atomic mass is 35.5. The number of halogens is 1. The largest absolute Gasteiger partial charge is 0.334 e. The third kappa shape index (κ3) is 4.73. The van der Waals surface area contributed by atoms with E-state index in [4.69, 9.17) is 11.6 Å². The fraction of sp³-hybridized carbons (Fsp3) is 0.316. The van der Waals surface area contributed by atoms with Gasteiger partial charge >= 0.3 is 6.03 Å². The number of nitrogens with zero attached hydrogens (tertiary/aromatic N) is 1. The molecule has 1 heterocycles.